The van der Waals surface area contributed by atoms with Gasteiger partial charge in [0, 0.05) is 54.5 Å². The van der Waals surface area contributed by atoms with Gasteiger partial charge in [-0.25, -0.2) is 9.97 Å². The number of rotatable bonds is 5. The van der Waals surface area contributed by atoms with Gasteiger partial charge in [-0.15, -0.1) is 0 Å². The number of furan rings is 3. The van der Waals surface area contributed by atoms with Gasteiger partial charge in [-0.2, -0.15) is 0 Å². The Morgan fingerprint density at radius 3 is 1.70 bits per heavy atom. The number of aromatic nitrogens is 3. The SMILES string of the molecule is c1ccc(-c2ccc3oc4c(-c5cccc6oc7ccccc7c56)nc(-c5cccc6oc7ccc(-c8ccc9c(c8)c8ccccc8n9-c8ccccc8)cc7c56)nc4c3c2)cc1. The van der Waals surface area contributed by atoms with Crippen LogP contribution < -0.4 is 0 Å². The summed E-state index contributed by atoms with van der Waals surface area (Å²) in [4.78, 5) is 10.9. The summed E-state index contributed by atoms with van der Waals surface area (Å²) < 4.78 is 22.1. The van der Waals surface area contributed by atoms with Crippen LogP contribution in [0.3, 0.4) is 0 Å². The second-order valence-corrected chi connectivity index (χ2v) is 16.4. The molecule has 5 aromatic heterocycles. The van der Waals surface area contributed by atoms with Crippen LogP contribution in [0.25, 0.3) is 138 Å². The molecule has 0 aliphatic carbocycles. The molecule has 14 rings (SSSR count). The topological polar surface area (TPSA) is 70.1 Å². The molecule has 0 atom stereocenters. The van der Waals surface area contributed by atoms with Crippen LogP contribution in [0.4, 0.5) is 0 Å². The maximum Gasteiger partial charge on any atom is 0.180 e. The lowest BCUT2D eigenvalue weighted by Gasteiger charge is -2.09. The van der Waals surface area contributed by atoms with Crippen molar-refractivity contribution in [2.24, 2.45) is 0 Å². The summed E-state index contributed by atoms with van der Waals surface area (Å²) >= 11 is 0. The van der Waals surface area contributed by atoms with Gasteiger partial charge in [-0.1, -0.05) is 127 Å². The molecule has 0 amide bonds. The summed E-state index contributed by atoms with van der Waals surface area (Å²) in [5.41, 5.74) is 15.6. The van der Waals surface area contributed by atoms with Gasteiger partial charge in [0.1, 0.15) is 39.1 Å². The summed E-state index contributed by atoms with van der Waals surface area (Å²) in [6, 6.07) is 69.7. The summed E-state index contributed by atoms with van der Waals surface area (Å²) in [6.07, 6.45) is 0. The molecule has 0 saturated heterocycles. The fraction of sp³-hybridized carbons (Fsp3) is 0. The van der Waals surface area contributed by atoms with Crippen LogP contribution >= 0.6 is 0 Å². The van der Waals surface area contributed by atoms with Gasteiger partial charge < -0.3 is 17.8 Å². The van der Waals surface area contributed by atoms with Crippen molar-refractivity contribution < 1.29 is 13.3 Å². The number of benzene rings is 9. The Labute approximate surface area is 364 Å². The highest BCUT2D eigenvalue weighted by Gasteiger charge is 2.24. The Hall–Kier alpha value is -8.74. The van der Waals surface area contributed by atoms with E-state index in [-0.39, 0.29) is 0 Å². The molecule has 0 aliphatic rings. The zero-order valence-electron chi connectivity index (χ0n) is 34.1. The van der Waals surface area contributed by atoms with E-state index in [9.17, 15) is 0 Å². The Morgan fingerprint density at radius 2 is 0.906 bits per heavy atom. The van der Waals surface area contributed by atoms with Gasteiger partial charge in [0.2, 0.25) is 0 Å². The molecule has 14 aromatic rings. The standard InChI is InChI=1S/C58H33N3O3/c1-3-13-34(14-4-1)35-26-30-50-45(33-35)56-57(64-50)55(41-19-11-23-51-53(41)40-18-8-10-22-48(40)62-51)59-58(60-56)42-20-12-24-52-54(42)44-32-37(27-29-49(44)63-52)36-25-28-47-43(31-36)39-17-7-9-21-46(39)61(47)38-15-5-2-6-16-38/h1-33H. The summed E-state index contributed by atoms with van der Waals surface area (Å²) in [5.74, 6) is 0.578. The monoisotopic (exact) mass is 819 g/mol. The minimum absolute atomic E-state index is 0.578. The molecule has 0 radical (unpaired) electrons. The second-order valence-electron chi connectivity index (χ2n) is 16.4. The van der Waals surface area contributed by atoms with Crippen molar-refractivity contribution in [3.8, 4) is 50.6 Å². The van der Waals surface area contributed by atoms with E-state index in [1.165, 1.54) is 21.8 Å². The number of fused-ring (bicyclic) bond motifs is 12. The third kappa shape index (κ3) is 5.14. The molecule has 6 heteroatoms. The minimum atomic E-state index is 0.578. The van der Waals surface area contributed by atoms with E-state index in [4.69, 9.17) is 23.2 Å². The summed E-state index contributed by atoms with van der Waals surface area (Å²) in [6.45, 7) is 0. The van der Waals surface area contributed by atoms with Crippen LogP contribution in [0.1, 0.15) is 0 Å². The van der Waals surface area contributed by atoms with Gasteiger partial charge >= 0.3 is 0 Å². The predicted molar refractivity (Wildman–Crippen MR) is 260 cm³/mol. The normalized spacial score (nSPS) is 12.1. The molecule has 0 bridgehead atoms. The van der Waals surface area contributed by atoms with Crippen molar-refractivity contribution >= 4 is 87.8 Å². The largest absolute Gasteiger partial charge is 0.456 e. The lowest BCUT2D eigenvalue weighted by atomic mass is 9.98. The number of hydrogen-bond donors (Lipinski definition) is 0. The zero-order chi connectivity index (χ0) is 41.9. The van der Waals surface area contributed by atoms with E-state index < -0.39 is 0 Å². The van der Waals surface area contributed by atoms with Crippen molar-refractivity contribution in [3.05, 3.63) is 200 Å². The third-order valence-corrected chi connectivity index (χ3v) is 12.8. The molecular formula is C58H33N3O3. The minimum Gasteiger partial charge on any atom is -0.456 e. The smallest absolute Gasteiger partial charge is 0.180 e. The fourth-order valence-corrected chi connectivity index (χ4v) is 9.93. The predicted octanol–water partition coefficient (Wildman–Crippen LogP) is 15.9. The van der Waals surface area contributed by atoms with E-state index in [2.05, 4.69) is 150 Å². The van der Waals surface area contributed by atoms with Crippen LogP contribution in [0, 0.1) is 0 Å². The van der Waals surface area contributed by atoms with Crippen LogP contribution in [0.2, 0.25) is 0 Å². The van der Waals surface area contributed by atoms with Crippen LogP contribution in [-0.4, -0.2) is 14.5 Å². The van der Waals surface area contributed by atoms with Crippen LogP contribution in [0.5, 0.6) is 0 Å². The molecule has 0 spiro atoms. The fourth-order valence-electron chi connectivity index (χ4n) is 9.93. The molecule has 0 fully saturated rings. The molecule has 0 saturated carbocycles. The average molecular weight is 820 g/mol. The lowest BCUT2D eigenvalue weighted by molar-refractivity contribution is 0.667. The van der Waals surface area contributed by atoms with E-state index >= 15 is 0 Å². The lowest BCUT2D eigenvalue weighted by Crippen LogP contribution is -1.95. The van der Waals surface area contributed by atoms with Crippen molar-refractivity contribution in [1.29, 1.82) is 0 Å². The van der Waals surface area contributed by atoms with Gasteiger partial charge in [0.05, 0.1) is 11.0 Å². The average Bonchev–Trinajstić information content (AvgIpc) is 4.12. The van der Waals surface area contributed by atoms with Crippen molar-refractivity contribution in [3.63, 3.8) is 0 Å². The van der Waals surface area contributed by atoms with E-state index in [1.54, 1.807) is 0 Å². The molecule has 5 heterocycles. The van der Waals surface area contributed by atoms with Crippen LogP contribution in [0.15, 0.2) is 213 Å². The van der Waals surface area contributed by atoms with Crippen molar-refractivity contribution in [1.82, 2.24) is 14.5 Å². The number of nitrogens with zero attached hydrogens (tertiary/aromatic N) is 3. The Bertz CT molecular complexity index is 4190. The highest BCUT2D eigenvalue weighted by molar-refractivity contribution is 6.18. The molecule has 298 valence electrons. The van der Waals surface area contributed by atoms with E-state index in [0.717, 1.165) is 99.4 Å². The van der Waals surface area contributed by atoms with Gasteiger partial charge in [0.25, 0.3) is 0 Å². The van der Waals surface area contributed by atoms with E-state index in [0.29, 0.717) is 17.1 Å². The molecule has 9 aromatic carbocycles. The second kappa shape index (κ2) is 13.4. The van der Waals surface area contributed by atoms with Crippen molar-refractivity contribution in [2.45, 2.75) is 0 Å². The Kier molecular flexibility index (Phi) is 7.30. The maximum absolute atomic E-state index is 6.77. The molecular weight excluding hydrogens is 787 g/mol. The van der Waals surface area contributed by atoms with Crippen molar-refractivity contribution in [2.75, 3.05) is 0 Å². The van der Waals surface area contributed by atoms with Gasteiger partial charge in [0.15, 0.2) is 11.4 Å². The zero-order valence-corrected chi connectivity index (χ0v) is 34.1. The first kappa shape index (κ1) is 34.9. The number of hydrogen-bond acceptors (Lipinski definition) is 5. The Morgan fingerprint density at radius 1 is 0.344 bits per heavy atom. The molecule has 6 nitrogen and oxygen atoms in total. The maximum atomic E-state index is 6.77. The summed E-state index contributed by atoms with van der Waals surface area (Å²) in [5, 5.41) is 7.28. The summed E-state index contributed by atoms with van der Waals surface area (Å²) in [7, 11) is 0. The molecule has 0 unspecified atom stereocenters. The first-order valence-electron chi connectivity index (χ1n) is 21.5. The third-order valence-electron chi connectivity index (χ3n) is 12.8. The van der Waals surface area contributed by atoms with E-state index in [1.807, 2.05) is 54.6 Å². The molecule has 64 heavy (non-hydrogen) atoms. The first-order valence-corrected chi connectivity index (χ1v) is 21.5. The molecule has 0 N–H and O–H groups in total. The molecule has 0 aliphatic heterocycles. The van der Waals surface area contributed by atoms with Gasteiger partial charge in [-0.05, 0) is 95.1 Å². The van der Waals surface area contributed by atoms with Gasteiger partial charge in [-0.3, -0.25) is 0 Å². The highest BCUT2D eigenvalue weighted by Crippen LogP contribution is 2.44. The first-order chi connectivity index (χ1) is 31.7. The Balaban J connectivity index is 1.00. The number of para-hydroxylation sites is 3. The highest BCUT2D eigenvalue weighted by atomic mass is 16.3. The van der Waals surface area contributed by atoms with Crippen LogP contribution in [-0.2, 0) is 0 Å². The quantitative estimate of drug-likeness (QED) is 0.173.